The monoisotopic (exact) mass is 600 g/mol. The lowest BCUT2D eigenvalue weighted by Crippen LogP contribution is -2.41. The highest BCUT2D eigenvalue weighted by Crippen LogP contribution is 2.44. The molecule has 0 spiro atoms. The molecule has 2 saturated heterocycles. The molecular formula is C33H37BN2O6S. The van der Waals surface area contributed by atoms with Crippen molar-refractivity contribution in [1.82, 2.24) is 5.32 Å². The van der Waals surface area contributed by atoms with Gasteiger partial charge < -0.3 is 19.4 Å². The number of nitrogens with zero attached hydrogens (tertiary/aromatic N) is 1. The lowest BCUT2D eigenvalue weighted by molar-refractivity contribution is 0.00578. The van der Waals surface area contributed by atoms with E-state index in [2.05, 4.69) is 29.6 Å². The largest absolute Gasteiger partial charge is 0.492 e. The average molecular weight is 601 g/mol. The summed E-state index contributed by atoms with van der Waals surface area (Å²) in [5.74, 6) is 0.108. The molecule has 1 aliphatic carbocycles. The molecule has 6 rings (SSSR count). The third-order valence-corrected chi connectivity index (χ3v) is 10.8. The van der Waals surface area contributed by atoms with Gasteiger partial charge in [-0.3, -0.25) is 4.31 Å². The molecule has 1 N–H and O–H groups in total. The highest BCUT2D eigenvalue weighted by atomic mass is 32.2. The van der Waals surface area contributed by atoms with E-state index in [-0.39, 0.29) is 24.8 Å². The molecule has 2 fully saturated rings. The van der Waals surface area contributed by atoms with Crippen molar-refractivity contribution in [1.29, 1.82) is 0 Å². The SMILES string of the molecule is CC1(C)OB(C(=Cc2cccc(N3CCCS3(=O)=O)c2)CNC(=O)OCC2c3ccccc3-c3ccccc32)OC1(C)C. The second-order valence-corrected chi connectivity index (χ2v) is 14.3. The van der Waals surface area contributed by atoms with E-state index in [9.17, 15) is 13.2 Å². The molecular weight excluding hydrogens is 563 g/mol. The Hall–Kier alpha value is -3.60. The number of rotatable bonds is 7. The minimum absolute atomic E-state index is 0.0409. The summed E-state index contributed by atoms with van der Waals surface area (Å²) >= 11 is 0. The third kappa shape index (κ3) is 5.71. The van der Waals surface area contributed by atoms with Crippen molar-refractivity contribution in [3.63, 3.8) is 0 Å². The molecule has 3 aromatic carbocycles. The van der Waals surface area contributed by atoms with Crippen molar-refractivity contribution in [3.05, 3.63) is 95.0 Å². The van der Waals surface area contributed by atoms with Crippen LogP contribution in [0.1, 0.15) is 56.7 Å². The smallest absolute Gasteiger partial charge is 0.449 e. The van der Waals surface area contributed by atoms with Crippen LogP contribution in [0.4, 0.5) is 10.5 Å². The zero-order valence-corrected chi connectivity index (χ0v) is 25.8. The van der Waals surface area contributed by atoms with Crippen LogP contribution in [-0.4, -0.2) is 58.3 Å². The van der Waals surface area contributed by atoms with Crippen molar-refractivity contribution in [2.75, 3.05) is 29.8 Å². The van der Waals surface area contributed by atoms with Crippen LogP contribution >= 0.6 is 0 Å². The van der Waals surface area contributed by atoms with Gasteiger partial charge in [0.25, 0.3) is 0 Å². The topological polar surface area (TPSA) is 94.2 Å². The first-order valence-corrected chi connectivity index (χ1v) is 16.3. The molecule has 43 heavy (non-hydrogen) atoms. The van der Waals surface area contributed by atoms with Crippen LogP contribution < -0.4 is 9.62 Å². The molecule has 1 amide bonds. The van der Waals surface area contributed by atoms with Crippen LogP contribution in [0, 0.1) is 0 Å². The van der Waals surface area contributed by atoms with Crippen molar-refractivity contribution >= 4 is 35.0 Å². The van der Waals surface area contributed by atoms with Gasteiger partial charge in [-0.1, -0.05) is 66.7 Å². The van der Waals surface area contributed by atoms with Crippen LogP contribution in [0.3, 0.4) is 0 Å². The summed E-state index contributed by atoms with van der Waals surface area (Å²) in [5.41, 5.74) is 5.56. The maximum absolute atomic E-state index is 13.0. The fourth-order valence-corrected chi connectivity index (χ4v) is 7.49. The van der Waals surface area contributed by atoms with Gasteiger partial charge in [-0.05, 0) is 79.5 Å². The number of amides is 1. The number of alkyl carbamates (subject to hydrolysis) is 1. The summed E-state index contributed by atoms with van der Waals surface area (Å²) in [6.07, 6.45) is 1.95. The van der Waals surface area contributed by atoms with Gasteiger partial charge in [-0.25, -0.2) is 13.2 Å². The van der Waals surface area contributed by atoms with E-state index >= 15 is 0 Å². The molecule has 8 nitrogen and oxygen atoms in total. The number of hydrogen-bond donors (Lipinski definition) is 1. The van der Waals surface area contributed by atoms with E-state index in [1.54, 1.807) is 6.07 Å². The Morgan fingerprint density at radius 1 is 0.977 bits per heavy atom. The second kappa shape index (κ2) is 11.2. The number of hydrogen-bond acceptors (Lipinski definition) is 6. The molecule has 0 aromatic heterocycles. The first-order valence-electron chi connectivity index (χ1n) is 14.7. The minimum atomic E-state index is -3.31. The molecule has 10 heteroatoms. The van der Waals surface area contributed by atoms with Gasteiger partial charge in [-0.15, -0.1) is 0 Å². The minimum Gasteiger partial charge on any atom is -0.449 e. The van der Waals surface area contributed by atoms with Crippen molar-refractivity contribution in [2.45, 2.75) is 51.2 Å². The normalized spacial score (nSPS) is 20.1. The second-order valence-electron chi connectivity index (χ2n) is 12.3. The molecule has 0 unspecified atom stereocenters. The fourth-order valence-electron chi connectivity index (χ4n) is 5.93. The van der Waals surface area contributed by atoms with Crippen molar-refractivity contribution < 1.29 is 27.3 Å². The van der Waals surface area contributed by atoms with Gasteiger partial charge in [0.15, 0.2) is 0 Å². The number of benzene rings is 3. The fraction of sp³-hybridized carbons (Fsp3) is 0.364. The predicted octanol–water partition coefficient (Wildman–Crippen LogP) is 5.78. The Labute approximate surface area is 254 Å². The Kier molecular flexibility index (Phi) is 7.65. The van der Waals surface area contributed by atoms with Crippen LogP contribution in [-0.2, 0) is 24.1 Å². The molecule has 0 bridgehead atoms. The predicted molar refractivity (Wildman–Crippen MR) is 169 cm³/mol. The van der Waals surface area contributed by atoms with Gasteiger partial charge in [0.2, 0.25) is 10.0 Å². The van der Waals surface area contributed by atoms with E-state index in [4.69, 9.17) is 14.0 Å². The highest BCUT2D eigenvalue weighted by Gasteiger charge is 2.52. The summed E-state index contributed by atoms with van der Waals surface area (Å²) in [5, 5.41) is 2.89. The molecule has 2 aliphatic heterocycles. The average Bonchev–Trinajstić information content (AvgIpc) is 3.57. The first-order chi connectivity index (χ1) is 20.5. The Morgan fingerprint density at radius 2 is 1.60 bits per heavy atom. The maximum atomic E-state index is 13.0. The van der Waals surface area contributed by atoms with E-state index in [1.807, 2.05) is 76.2 Å². The zero-order chi connectivity index (χ0) is 30.4. The van der Waals surface area contributed by atoms with E-state index in [0.29, 0.717) is 24.1 Å². The highest BCUT2D eigenvalue weighted by molar-refractivity contribution is 7.93. The van der Waals surface area contributed by atoms with Crippen LogP contribution in [0.15, 0.2) is 78.3 Å². The Morgan fingerprint density at radius 3 is 2.21 bits per heavy atom. The van der Waals surface area contributed by atoms with E-state index in [0.717, 1.165) is 16.7 Å². The standard InChI is InChI=1S/C33H37BN2O6S/c1-32(2)33(3,4)42-34(41-32)24(19-23-11-9-12-25(20-23)36-17-10-18-43(36,38)39)21-35-31(37)40-22-30-28-15-7-5-13-26(28)27-14-6-8-16-29(27)30/h5-9,11-16,19-20,30H,10,17-18,21-22H2,1-4H3,(H,35,37). The van der Waals surface area contributed by atoms with Gasteiger partial charge in [0.05, 0.1) is 22.6 Å². The number of fused-ring (bicyclic) bond motifs is 3. The molecule has 3 aromatic rings. The van der Waals surface area contributed by atoms with Gasteiger partial charge in [0.1, 0.15) is 6.61 Å². The Balaban J connectivity index is 1.20. The number of ether oxygens (including phenoxy) is 1. The van der Waals surface area contributed by atoms with Crippen molar-refractivity contribution in [3.8, 4) is 11.1 Å². The molecule has 3 aliphatic rings. The number of sulfonamides is 1. The van der Waals surface area contributed by atoms with Crippen LogP contribution in [0.5, 0.6) is 0 Å². The lowest BCUT2D eigenvalue weighted by Gasteiger charge is -2.32. The molecule has 0 saturated carbocycles. The summed E-state index contributed by atoms with van der Waals surface area (Å²) in [4.78, 5) is 13.0. The van der Waals surface area contributed by atoms with Gasteiger partial charge >= 0.3 is 13.2 Å². The summed E-state index contributed by atoms with van der Waals surface area (Å²) in [6, 6.07) is 23.8. The molecule has 0 atom stereocenters. The molecule has 2 heterocycles. The summed E-state index contributed by atoms with van der Waals surface area (Å²) in [7, 11) is -4.02. The summed E-state index contributed by atoms with van der Waals surface area (Å²) < 4.78 is 44.9. The number of carbonyl (C=O) groups excluding carboxylic acids is 1. The molecule has 0 radical (unpaired) electrons. The lowest BCUT2D eigenvalue weighted by atomic mass is 9.77. The van der Waals surface area contributed by atoms with E-state index < -0.39 is 34.4 Å². The zero-order valence-electron chi connectivity index (χ0n) is 25.0. The third-order valence-electron chi connectivity index (χ3n) is 8.95. The van der Waals surface area contributed by atoms with Gasteiger partial charge in [0, 0.05) is 19.0 Å². The number of anilines is 1. The van der Waals surface area contributed by atoms with Gasteiger partial charge in [-0.2, -0.15) is 0 Å². The summed E-state index contributed by atoms with van der Waals surface area (Å²) in [6.45, 7) is 8.69. The number of nitrogens with one attached hydrogen (secondary N) is 1. The first kappa shape index (κ1) is 29.5. The van der Waals surface area contributed by atoms with Crippen LogP contribution in [0.25, 0.3) is 17.2 Å². The maximum Gasteiger partial charge on any atom is 0.492 e. The Bertz CT molecular complexity index is 1620. The number of carbonyl (C=O) groups is 1. The van der Waals surface area contributed by atoms with Crippen molar-refractivity contribution in [2.24, 2.45) is 0 Å². The molecule has 224 valence electrons. The van der Waals surface area contributed by atoms with E-state index in [1.165, 1.54) is 15.4 Å². The quantitative estimate of drug-likeness (QED) is 0.346. The van der Waals surface area contributed by atoms with Crippen LogP contribution in [0.2, 0.25) is 0 Å².